The number of benzene rings is 2. The molecule has 1 amide bonds. The van der Waals surface area contributed by atoms with Crippen LogP contribution in [0.25, 0.3) is 11.3 Å². The molecule has 38 heavy (non-hydrogen) atoms. The lowest BCUT2D eigenvalue weighted by atomic mass is 10.0. The van der Waals surface area contributed by atoms with E-state index in [1.165, 1.54) is 19.2 Å². The Balaban J connectivity index is 1.72. The highest BCUT2D eigenvalue weighted by atomic mass is 35.5. The van der Waals surface area contributed by atoms with E-state index in [1.807, 2.05) is 13.8 Å². The number of imidazole rings is 1. The number of nitrogens with zero attached hydrogens (tertiary/aromatic N) is 2. The van der Waals surface area contributed by atoms with Gasteiger partial charge in [-0.3, -0.25) is 9.59 Å². The van der Waals surface area contributed by atoms with Crippen molar-refractivity contribution in [2.75, 3.05) is 6.61 Å². The van der Waals surface area contributed by atoms with E-state index in [2.05, 4.69) is 10.3 Å². The van der Waals surface area contributed by atoms with Crippen molar-refractivity contribution >= 4 is 23.3 Å². The second-order valence-corrected chi connectivity index (χ2v) is 9.55. The van der Waals surface area contributed by atoms with Gasteiger partial charge in [0, 0.05) is 36.9 Å². The summed E-state index contributed by atoms with van der Waals surface area (Å²) in [5.74, 6) is -0.715. The van der Waals surface area contributed by atoms with Gasteiger partial charge in [0.2, 0.25) is 0 Å². The Morgan fingerprint density at radius 3 is 2.39 bits per heavy atom. The number of amides is 1. The molecule has 0 saturated heterocycles. The Bertz CT molecular complexity index is 1270. The Kier molecular flexibility index (Phi) is 9.56. The van der Waals surface area contributed by atoms with E-state index < -0.39 is 18.5 Å². The minimum Gasteiger partial charge on any atom is -0.489 e. The highest BCUT2D eigenvalue weighted by Crippen LogP contribution is 2.27. The molecule has 1 atom stereocenters. The van der Waals surface area contributed by atoms with Crippen LogP contribution in [0.4, 0.5) is 13.2 Å². The Morgan fingerprint density at radius 2 is 1.84 bits per heavy atom. The molecule has 0 saturated carbocycles. The predicted molar refractivity (Wildman–Crippen MR) is 138 cm³/mol. The third kappa shape index (κ3) is 8.06. The summed E-state index contributed by atoms with van der Waals surface area (Å²) in [5.41, 5.74) is 1.96. The first-order valence-electron chi connectivity index (χ1n) is 12.0. The van der Waals surface area contributed by atoms with Crippen LogP contribution >= 0.6 is 11.6 Å². The second-order valence-electron chi connectivity index (χ2n) is 9.14. The molecule has 2 aromatic carbocycles. The number of rotatable bonds is 11. The van der Waals surface area contributed by atoms with Crippen molar-refractivity contribution < 1.29 is 32.6 Å². The fraction of sp³-hybridized carbons (Fsp3) is 0.370. The van der Waals surface area contributed by atoms with Crippen LogP contribution in [0.5, 0.6) is 5.75 Å². The van der Waals surface area contributed by atoms with Crippen LogP contribution in [-0.2, 0) is 13.0 Å². The second kappa shape index (κ2) is 12.4. The number of ketones is 1. The predicted octanol–water partition coefficient (Wildman–Crippen LogP) is 5.48. The molecular formula is C27H29ClF3N3O4. The number of hydrogen-bond acceptors (Lipinski definition) is 5. The molecule has 0 aliphatic rings. The molecule has 0 fully saturated rings. The molecule has 0 radical (unpaired) electrons. The average Bonchev–Trinajstić information content (AvgIpc) is 3.23. The number of Topliss-reactive ketones (excluding diaryl/α,β-unsaturated/α-hetero) is 1. The molecule has 0 bridgehead atoms. The van der Waals surface area contributed by atoms with Crippen molar-refractivity contribution in [3.8, 4) is 17.0 Å². The monoisotopic (exact) mass is 551 g/mol. The zero-order chi connectivity index (χ0) is 28.0. The molecule has 1 heterocycles. The first-order chi connectivity index (χ1) is 17.9. The number of hydrogen-bond donors (Lipinski definition) is 2. The Morgan fingerprint density at radius 1 is 1.16 bits per heavy atom. The van der Waals surface area contributed by atoms with Crippen molar-refractivity contribution in [1.82, 2.24) is 14.9 Å². The van der Waals surface area contributed by atoms with E-state index in [4.69, 9.17) is 16.3 Å². The first-order valence-corrected chi connectivity index (χ1v) is 12.4. The molecule has 1 aromatic heterocycles. The van der Waals surface area contributed by atoms with E-state index in [1.54, 1.807) is 36.4 Å². The van der Waals surface area contributed by atoms with E-state index in [0.717, 1.165) is 10.1 Å². The van der Waals surface area contributed by atoms with Crippen LogP contribution in [0.15, 0.2) is 48.7 Å². The van der Waals surface area contributed by atoms with Gasteiger partial charge in [0.05, 0.1) is 16.8 Å². The number of carbonyl (C=O) groups is 2. The van der Waals surface area contributed by atoms with Crippen LogP contribution < -0.4 is 10.1 Å². The molecule has 0 aliphatic carbocycles. The summed E-state index contributed by atoms with van der Waals surface area (Å²) < 4.78 is 45.1. The van der Waals surface area contributed by atoms with E-state index in [0.29, 0.717) is 34.7 Å². The number of ether oxygens (including phenoxy) is 1. The van der Waals surface area contributed by atoms with Crippen molar-refractivity contribution in [1.29, 1.82) is 0 Å². The lowest BCUT2D eigenvalue weighted by molar-refractivity contribution is -0.140. The smallest absolute Gasteiger partial charge is 0.406 e. The van der Waals surface area contributed by atoms with E-state index in [9.17, 15) is 27.9 Å². The lowest BCUT2D eigenvalue weighted by Crippen LogP contribution is -2.37. The highest BCUT2D eigenvalue weighted by molar-refractivity contribution is 6.32. The van der Waals surface area contributed by atoms with Gasteiger partial charge < -0.3 is 19.7 Å². The third-order valence-electron chi connectivity index (χ3n) is 5.54. The minimum absolute atomic E-state index is 0.0701. The van der Waals surface area contributed by atoms with Crippen LogP contribution in [-0.4, -0.2) is 51.3 Å². The van der Waals surface area contributed by atoms with Crippen molar-refractivity contribution in [2.24, 2.45) is 0 Å². The number of aliphatic hydroxyl groups is 1. The molecule has 7 nitrogen and oxygen atoms in total. The molecule has 11 heteroatoms. The number of halogens is 4. The van der Waals surface area contributed by atoms with E-state index >= 15 is 0 Å². The summed E-state index contributed by atoms with van der Waals surface area (Å²) in [5, 5.41) is 12.7. The molecule has 0 spiro atoms. The molecule has 0 unspecified atom stereocenters. The summed E-state index contributed by atoms with van der Waals surface area (Å²) in [6.45, 7) is 3.45. The molecular weight excluding hydrogens is 523 g/mol. The summed E-state index contributed by atoms with van der Waals surface area (Å²) in [6, 6.07) is 11.3. The maximum atomic E-state index is 12.9. The van der Waals surface area contributed by atoms with Gasteiger partial charge in [-0.25, -0.2) is 4.98 Å². The number of nitrogens with one attached hydrogen (secondary N) is 1. The average molecular weight is 552 g/mol. The van der Waals surface area contributed by atoms with E-state index in [-0.39, 0.29) is 36.2 Å². The number of carbonyl (C=O) groups excluding carboxylic acids is 2. The van der Waals surface area contributed by atoms with Crippen LogP contribution in [0, 0.1) is 0 Å². The molecule has 0 aliphatic heterocycles. The minimum atomic E-state index is -4.49. The van der Waals surface area contributed by atoms with Gasteiger partial charge in [-0.2, -0.15) is 13.2 Å². The lowest BCUT2D eigenvalue weighted by Gasteiger charge is -2.19. The Labute approximate surface area is 223 Å². The first kappa shape index (κ1) is 29.2. The fourth-order valence-electron chi connectivity index (χ4n) is 3.89. The van der Waals surface area contributed by atoms with Gasteiger partial charge in [0.25, 0.3) is 5.91 Å². The van der Waals surface area contributed by atoms with Crippen LogP contribution in [0.2, 0.25) is 5.02 Å². The summed E-state index contributed by atoms with van der Waals surface area (Å²) in [6.07, 6.45) is -2.65. The Hall–Kier alpha value is -3.37. The topological polar surface area (TPSA) is 93.4 Å². The SMILES string of the molecule is CC(=O)c1nc(-c2ccc(C[C@@H](CCO)NC(=O)c3ccc(OC(C)C)c(Cl)c3)cc2)cn1CC(F)(F)F. The summed E-state index contributed by atoms with van der Waals surface area (Å²) in [7, 11) is 0. The normalized spacial score (nSPS) is 12.4. The third-order valence-corrected chi connectivity index (χ3v) is 5.84. The molecule has 2 N–H and O–H groups in total. The van der Waals surface area contributed by atoms with Gasteiger partial charge >= 0.3 is 6.18 Å². The van der Waals surface area contributed by atoms with Gasteiger partial charge in [-0.15, -0.1) is 0 Å². The fourth-order valence-corrected chi connectivity index (χ4v) is 4.11. The number of alkyl halides is 3. The largest absolute Gasteiger partial charge is 0.489 e. The highest BCUT2D eigenvalue weighted by Gasteiger charge is 2.30. The summed E-state index contributed by atoms with van der Waals surface area (Å²) in [4.78, 5) is 28.7. The van der Waals surface area contributed by atoms with Crippen molar-refractivity contribution in [2.45, 2.75) is 58.5 Å². The molecule has 3 rings (SSSR count). The van der Waals surface area contributed by atoms with Crippen LogP contribution in [0.3, 0.4) is 0 Å². The van der Waals surface area contributed by atoms with Crippen molar-refractivity contribution in [3.05, 3.63) is 70.6 Å². The maximum Gasteiger partial charge on any atom is 0.406 e. The van der Waals surface area contributed by atoms with Crippen molar-refractivity contribution in [3.63, 3.8) is 0 Å². The van der Waals surface area contributed by atoms with Gasteiger partial charge in [0.15, 0.2) is 11.6 Å². The molecule has 3 aromatic rings. The zero-order valence-electron chi connectivity index (χ0n) is 21.2. The number of aromatic nitrogens is 2. The van der Waals surface area contributed by atoms with Gasteiger partial charge in [-0.1, -0.05) is 35.9 Å². The standard InChI is InChI=1S/C27H29ClF3N3O4/c1-16(2)38-24-9-8-20(13-22(24)28)26(37)32-21(10-11-35)12-18-4-6-19(7-5-18)23-14-34(15-27(29,30)31)25(33-23)17(3)36/h4-9,13-14,16,21,35H,10-12,15H2,1-3H3,(H,32,37)/t21-/m1/s1. The van der Waals surface area contributed by atoms with Crippen LogP contribution in [0.1, 0.15) is 53.7 Å². The van der Waals surface area contributed by atoms with Gasteiger partial charge in [0.1, 0.15) is 12.3 Å². The zero-order valence-corrected chi connectivity index (χ0v) is 21.9. The van der Waals surface area contributed by atoms with Gasteiger partial charge in [-0.05, 0) is 50.5 Å². The quantitative estimate of drug-likeness (QED) is 0.308. The maximum absolute atomic E-state index is 12.9. The number of aliphatic hydroxyl groups excluding tert-OH is 1. The summed E-state index contributed by atoms with van der Waals surface area (Å²) >= 11 is 6.24. The molecule has 204 valence electrons.